The first-order valence-electron chi connectivity index (χ1n) is 3.83. The molecule has 0 rings (SSSR count). The molecule has 66 valence electrons. The van der Waals surface area contributed by atoms with E-state index in [1.54, 1.807) is 20.9 Å². The highest BCUT2D eigenvalue weighted by Gasteiger charge is 2.29. The Balaban J connectivity index is 4.74. The van der Waals surface area contributed by atoms with Crippen molar-refractivity contribution < 1.29 is 9.59 Å². The molecule has 0 aromatic heterocycles. The molecular weight excluding hydrogens is 154 g/mol. The first-order chi connectivity index (χ1) is 5.33. The second kappa shape index (κ2) is 3.76. The number of hydrogen-bond acceptors (Lipinski definition) is 3. The fourth-order valence-electron chi connectivity index (χ4n) is 1.12. The van der Waals surface area contributed by atoms with Crippen molar-refractivity contribution >= 4 is 27.3 Å². The van der Waals surface area contributed by atoms with E-state index in [0.717, 1.165) is 0 Å². The van der Waals surface area contributed by atoms with Gasteiger partial charge in [0.25, 0.3) is 0 Å². The third-order valence-corrected chi connectivity index (χ3v) is 1.80. The van der Waals surface area contributed by atoms with Crippen LogP contribution in [0.5, 0.6) is 0 Å². The number of carbonyl (C=O) groups excluding carboxylic acids is 2. The number of rotatable bonds is 2. The quantitative estimate of drug-likeness (QED) is 0.413. The van der Waals surface area contributed by atoms with Gasteiger partial charge < -0.3 is 0 Å². The number of nitrogens with one attached hydrogen (secondary N) is 1. The first-order valence-corrected chi connectivity index (χ1v) is 3.83. The van der Waals surface area contributed by atoms with E-state index in [2.05, 4.69) is 5.32 Å². The second-order valence-corrected chi connectivity index (χ2v) is 3.18. The molecule has 0 aliphatic heterocycles. The zero-order valence-electron chi connectivity index (χ0n) is 8.26. The Bertz CT molecular complexity index is 192. The highest BCUT2D eigenvalue weighted by atomic mass is 16.2. The topological polar surface area (TPSA) is 49.4 Å². The van der Waals surface area contributed by atoms with Gasteiger partial charge in [-0.2, -0.15) is 0 Å². The van der Waals surface area contributed by atoms with Crippen LogP contribution in [0.2, 0.25) is 0 Å². The molecule has 0 aromatic carbocycles. The van der Waals surface area contributed by atoms with Crippen LogP contribution in [-0.2, 0) is 0 Å². The van der Waals surface area contributed by atoms with Gasteiger partial charge in [0.2, 0.25) is 15.7 Å². The van der Waals surface area contributed by atoms with Crippen LogP contribution >= 0.6 is 0 Å². The van der Waals surface area contributed by atoms with Crippen LogP contribution in [0.1, 0.15) is 13.8 Å². The summed E-state index contributed by atoms with van der Waals surface area (Å²) in [6.45, 7) is 3.55. The monoisotopic (exact) mass is 168 g/mol. The number of carbonyl (C=O) groups is 2. The molecule has 1 N–H and O–H groups in total. The third kappa shape index (κ3) is 2.37. The summed E-state index contributed by atoms with van der Waals surface area (Å²) in [6.07, 6.45) is 0. The minimum Gasteiger partial charge on any atom is -0.298 e. The average molecular weight is 168 g/mol. The zero-order chi connectivity index (χ0) is 9.94. The standard InChI is InChI=1S/C6H14B2N2O2/c1-6(2,9-3)10(4(7)11)5(8)12/h9H,7-8H2,1-3H3. The summed E-state index contributed by atoms with van der Waals surface area (Å²) < 4.78 is 0. The lowest BCUT2D eigenvalue weighted by Gasteiger charge is -2.36. The van der Waals surface area contributed by atoms with Crippen molar-refractivity contribution in [2.75, 3.05) is 7.05 Å². The van der Waals surface area contributed by atoms with E-state index in [1.807, 2.05) is 0 Å². The molecule has 0 aromatic rings. The maximum Gasteiger partial charge on any atom is 0.216 e. The molecule has 4 nitrogen and oxygen atoms in total. The van der Waals surface area contributed by atoms with Crippen molar-refractivity contribution in [3.63, 3.8) is 0 Å². The van der Waals surface area contributed by atoms with Gasteiger partial charge in [-0.3, -0.25) is 19.8 Å². The molecule has 6 heteroatoms. The smallest absolute Gasteiger partial charge is 0.216 e. The molecule has 0 atom stereocenters. The van der Waals surface area contributed by atoms with Crippen molar-refractivity contribution in [1.82, 2.24) is 10.2 Å². The molecule has 0 aliphatic rings. The Morgan fingerprint density at radius 2 is 1.58 bits per heavy atom. The number of imide groups is 1. The molecule has 0 unspecified atom stereocenters. The Labute approximate surface area is 74.5 Å². The fourth-order valence-corrected chi connectivity index (χ4v) is 1.12. The lowest BCUT2D eigenvalue weighted by atomic mass is 9.98. The Morgan fingerprint density at radius 1 is 1.25 bits per heavy atom. The van der Waals surface area contributed by atoms with Crippen molar-refractivity contribution in [2.24, 2.45) is 0 Å². The van der Waals surface area contributed by atoms with Gasteiger partial charge in [-0.1, -0.05) is 0 Å². The lowest BCUT2D eigenvalue weighted by Crippen LogP contribution is -2.57. The summed E-state index contributed by atoms with van der Waals surface area (Å²) in [4.78, 5) is 23.3. The van der Waals surface area contributed by atoms with Crippen LogP contribution in [0.4, 0.5) is 9.59 Å². The summed E-state index contributed by atoms with van der Waals surface area (Å²) in [6, 6.07) is 0. The second-order valence-electron chi connectivity index (χ2n) is 3.18. The molecule has 0 heterocycles. The van der Waals surface area contributed by atoms with Gasteiger partial charge in [0.05, 0.1) is 5.66 Å². The molecule has 0 saturated heterocycles. The Kier molecular flexibility index (Phi) is 3.52. The van der Waals surface area contributed by atoms with Crippen LogP contribution in [0, 0.1) is 0 Å². The summed E-state index contributed by atoms with van der Waals surface area (Å²) in [5.41, 5.74) is -0.613. The van der Waals surface area contributed by atoms with E-state index in [0.29, 0.717) is 0 Å². The molecule has 12 heavy (non-hydrogen) atoms. The minimum atomic E-state index is -0.613. The van der Waals surface area contributed by atoms with E-state index in [1.165, 1.54) is 20.6 Å². The lowest BCUT2D eigenvalue weighted by molar-refractivity contribution is 0.156. The summed E-state index contributed by atoms with van der Waals surface area (Å²) in [5, 5.41) is 2.89. The molecular formula is C6H14B2N2O2. The van der Waals surface area contributed by atoms with Crippen molar-refractivity contribution in [3.8, 4) is 0 Å². The largest absolute Gasteiger partial charge is 0.298 e. The highest BCUT2D eigenvalue weighted by molar-refractivity contribution is 6.65. The maximum absolute atomic E-state index is 11.1. The minimum absolute atomic E-state index is 0.248. The van der Waals surface area contributed by atoms with Gasteiger partial charge in [-0.25, -0.2) is 0 Å². The summed E-state index contributed by atoms with van der Waals surface area (Å²) in [5.74, 6) is -0.497. The van der Waals surface area contributed by atoms with Crippen LogP contribution < -0.4 is 5.32 Å². The van der Waals surface area contributed by atoms with E-state index < -0.39 is 5.66 Å². The van der Waals surface area contributed by atoms with E-state index >= 15 is 0 Å². The van der Waals surface area contributed by atoms with Gasteiger partial charge in [0.15, 0.2) is 11.6 Å². The molecule has 0 bridgehead atoms. The van der Waals surface area contributed by atoms with E-state index in [9.17, 15) is 9.59 Å². The van der Waals surface area contributed by atoms with Gasteiger partial charge in [-0.15, -0.1) is 0 Å². The zero-order valence-corrected chi connectivity index (χ0v) is 8.26. The molecule has 0 fully saturated rings. The Morgan fingerprint density at radius 3 is 1.67 bits per heavy atom. The predicted molar refractivity (Wildman–Crippen MR) is 52.9 cm³/mol. The maximum atomic E-state index is 11.1. The summed E-state index contributed by atoms with van der Waals surface area (Å²) >= 11 is 0. The predicted octanol–water partition coefficient (Wildman–Crippen LogP) is -1.25. The van der Waals surface area contributed by atoms with Crippen LogP contribution in [0.3, 0.4) is 0 Å². The van der Waals surface area contributed by atoms with E-state index in [4.69, 9.17) is 0 Å². The summed E-state index contributed by atoms with van der Waals surface area (Å²) in [7, 11) is 4.46. The van der Waals surface area contributed by atoms with Gasteiger partial charge >= 0.3 is 0 Å². The van der Waals surface area contributed by atoms with Crippen LogP contribution in [0.25, 0.3) is 0 Å². The number of hydrogen-bond donors (Lipinski definition) is 1. The normalized spacial score (nSPS) is 10.9. The van der Waals surface area contributed by atoms with Crippen molar-refractivity contribution in [1.29, 1.82) is 0 Å². The fraction of sp³-hybridized carbons (Fsp3) is 0.667. The first kappa shape index (κ1) is 11.2. The van der Waals surface area contributed by atoms with Gasteiger partial charge in [0, 0.05) is 0 Å². The number of nitrogens with zero attached hydrogens (tertiary/aromatic N) is 1. The molecule has 0 radical (unpaired) electrons. The molecule has 2 amide bonds. The third-order valence-electron chi connectivity index (χ3n) is 1.80. The van der Waals surface area contributed by atoms with Crippen LogP contribution in [-0.4, -0.2) is 44.9 Å². The van der Waals surface area contributed by atoms with Crippen molar-refractivity contribution in [2.45, 2.75) is 19.5 Å². The average Bonchev–Trinajstić information content (AvgIpc) is 1.84. The van der Waals surface area contributed by atoms with Crippen LogP contribution in [0.15, 0.2) is 0 Å². The van der Waals surface area contributed by atoms with Gasteiger partial charge in [0.1, 0.15) is 0 Å². The van der Waals surface area contributed by atoms with E-state index in [-0.39, 0.29) is 11.6 Å². The molecule has 0 saturated carbocycles. The highest BCUT2D eigenvalue weighted by Crippen LogP contribution is 2.09. The SMILES string of the molecule is BC(=O)N(C(B)=O)C(C)(C)NC. The van der Waals surface area contributed by atoms with Crippen molar-refractivity contribution in [3.05, 3.63) is 0 Å². The Hall–Kier alpha value is -0.770. The molecule has 0 spiro atoms. The number of amides is 2. The molecule has 0 aliphatic carbocycles. The van der Waals surface area contributed by atoms with Gasteiger partial charge in [-0.05, 0) is 20.9 Å².